The summed E-state index contributed by atoms with van der Waals surface area (Å²) in [6.07, 6.45) is 7.90. The maximum absolute atomic E-state index is 5.89. The summed E-state index contributed by atoms with van der Waals surface area (Å²) in [5.74, 6) is 2.57. The van der Waals surface area contributed by atoms with Gasteiger partial charge < -0.3 is 9.32 Å². The smallest absolute Gasteiger partial charge is 0.208 e. The number of oxazole rings is 1. The lowest BCUT2D eigenvalue weighted by Crippen LogP contribution is -2.46. The molecule has 1 aliphatic heterocycles. The summed E-state index contributed by atoms with van der Waals surface area (Å²) >= 11 is 0. The van der Waals surface area contributed by atoms with E-state index in [1.165, 1.54) is 18.5 Å². The molecule has 2 aliphatic rings. The van der Waals surface area contributed by atoms with Crippen LogP contribution in [0.2, 0.25) is 0 Å². The van der Waals surface area contributed by atoms with Crippen molar-refractivity contribution in [2.75, 3.05) is 31.1 Å². The van der Waals surface area contributed by atoms with Crippen molar-refractivity contribution in [2.45, 2.75) is 25.3 Å². The lowest BCUT2D eigenvalue weighted by Gasteiger charge is -2.35. The third kappa shape index (κ3) is 3.09. The minimum absolute atomic E-state index is 0.634. The molecule has 0 atom stereocenters. The van der Waals surface area contributed by atoms with Gasteiger partial charge in [-0.3, -0.25) is 4.90 Å². The van der Waals surface area contributed by atoms with E-state index in [9.17, 15) is 0 Å². The van der Waals surface area contributed by atoms with E-state index in [-0.39, 0.29) is 0 Å². The van der Waals surface area contributed by atoms with Crippen LogP contribution < -0.4 is 4.90 Å². The summed E-state index contributed by atoms with van der Waals surface area (Å²) in [6.45, 7) is 4.87. The fourth-order valence-electron chi connectivity index (χ4n) is 3.48. The van der Waals surface area contributed by atoms with Gasteiger partial charge in [-0.2, -0.15) is 0 Å². The van der Waals surface area contributed by atoms with E-state index in [0.29, 0.717) is 5.92 Å². The topological polar surface area (TPSA) is 58.3 Å². The van der Waals surface area contributed by atoms with Gasteiger partial charge in [-0.05, 0) is 31.0 Å². The molecule has 1 saturated heterocycles. The molecule has 1 aliphatic carbocycles. The number of hydrogen-bond acceptors (Lipinski definition) is 6. The summed E-state index contributed by atoms with van der Waals surface area (Å²) in [5, 5.41) is 1.09. The average molecular weight is 335 g/mol. The molecule has 0 spiro atoms. The number of benzene rings is 1. The molecule has 2 fully saturated rings. The first-order chi connectivity index (χ1) is 12.3. The van der Waals surface area contributed by atoms with E-state index in [4.69, 9.17) is 4.42 Å². The molecular weight excluding hydrogens is 314 g/mol. The molecule has 1 saturated carbocycles. The van der Waals surface area contributed by atoms with Crippen LogP contribution in [0.3, 0.4) is 0 Å². The highest BCUT2D eigenvalue weighted by Crippen LogP contribution is 2.40. The second-order valence-electron chi connectivity index (χ2n) is 6.96. The Morgan fingerprint density at radius 3 is 2.76 bits per heavy atom. The van der Waals surface area contributed by atoms with Crippen LogP contribution in [-0.4, -0.2) is 46.0 Å². The summed E-state index contributed by atoms with van der Waals surface area (Å²) in [5.41, 5.74) is 2.24. The normalized spacial score (nSPS) is 18.8. The first-order valence-electron chi connectivity index (χ1n) is 8.97. The standard InChI is InChI=1S/C19H21N5O/c1-2-14(1)18-11-21-19(25-18)12-23-5-7-24(8-6-23)16-3-4-17-15(9-16)10-20-13-22-17/h3-4,9-11,13-14H,1-2,5-8,12H2. The Morgan fingerprint density at radius 1 is 1.04 bits per heavy atom. The molecule has 0 unspecified atom stereocenters. The largest absolute Gasteiger partial charge is 0.444 e. The second kappa shape index (κ2) is 6.11. The Bertz CT molecular complexity index is 880. The van der Waals surface area contributed by atoms with Crippen LogP contribution in [0.4, 0.5) is 5.69 Å². The van der Waals surface area contributed by atoms with Gasteiger partial charge in [0.25, 0.3) is 0 Å². The summed E-state index contributed by atoms with van der Waals surface area (Å²) in [7, 11) is 0. The number of hydrogen-bond donors (Lipinski definition) is 0. The van der Waals surface area contributed by atoms with E-state index >= 15 is 0 Å². The van der Waals surface area contributed by atoms with Crippen molar-refractivity contribution >= 4 is 16.6 Å². The molecule has 3 aromatic rings. The Hall–Kier alpha value is -2.47. The molecule has 5 rings (SSSR count). The van der Waals surface area contributed by atoms with Gasteiger partial charge in [0, 0.05) is 49.4 Å². The molecule has 0 radical (unpaired) electrons. The number of fused-ring (bicyclic) bond motifs is 1. The first-order valence-corrected chi connectivity index (χ1v) is 8.97. The molecular formula is C19H21N5O. The van der Waals surface area contributed by atoms with Crippen LogP contribution in [0.25, 0.3) is 10.9 Å². The second-order valence-corrected chi connectivity index (χ2v) is 6.96. The molecule has 1 aromatic carbocycles. The van der Waals surface area contributed by atoms with Gasteiger partial charge in [0.15, 0.2) is 0 Å². The zero-order chi connectivity index (χ0) is 16.6. The van der Waals surface area contributed by atoms with E-state index in [1.807, 2.05) is 12.4 Å². The summed E-state index contributed by atoms with van der Waals surface area (Å²) in [4.78, 5) is 17.7. The minimum Gasteiger partial charge on any atom is -0.444 e. The Morgan fingerprint density at radius 2 is 1.92 bits per heavy atom. The van der Waals surface area contributed by atoms with Gasteiger partial charge in [-0.15, -0.1) is 0 Å². The third-order valence-corrected chi connectivity index (χ3v) is 5.14. The highest BCUT2D eigenvalue weighted by Gasteiger charge is 2.28. The Labute approximate surface area is 146 Å². The van der Waals surface area contributed by atoms with Crippen molar-refractivity contribution in [1.29, 1.82) is 0 Å². The van der Waals surface area contributed by atoms with Gasteiger partial charge in [-0.1, -0.05) is 0 Å². The lowest BCUT2D eigenvalue weighted by atomic mass is 10.2. The number of rotatable bonds is 4. The van der Waals surface area contributed by atoms with Gasteiger partial charge in [-0.25, -0.2) is 15.0 Å². The number of nitrogens with zero attached hydrogens (tertiary/aromatic N) is 5. The van der Waals surface area contributed by atoms with Gasteiger partial charge in [0.05, 0.1) is 18.3 Å². The van der Waals surface area contributed by atoms with Crippen LogP contribution in [-0.2, 0) is 6.54 Å². The Balaban J connectivity index is 1.22. The predicted molar refractivity (Wildman–Crippen MR) is 95.5 cm³/mol. The van der Waals surface area contributed by atoms with Crippen LogP contribution in [0, 0.1) is 0 Å². The highest BCUT2D eigenvalue weighted by atomic mass is 16.4. The fourth-order valence-corrected chi connectivity index (χ4v) is 3.48. The Kier molecular flexibility index (Phi) is 3.63. The molecule has 0 N–H and O–H groups in total. The molecule has 2 aromatic heterocycles. The maximum atomic E-state index is 5.89. The average Bonchev–Trinajstić information content (AvgIpc) is 3.42. The van der Waals surface area contributed by atoms with Crippen molar-refractivity contribution in [3.8, 4) is 0 Å². The predicted octanol–water partition coefficient (Wildman–Crippen LogP) is 2.82. The SMILES string of the molecule is c1ncc2cc(N3CCN(Cc4ncc(C5CC5)o4)CC3)ccc2n1. The maximum Gasteiger partial charge on any atom is 0.208 e. The molecule has 0 bridgehead atoms. The number of aromatic nitrogens is 3. The highest BCUT2D eigenvalue weighted by molar-refractivity contribution is 5.81. The molecule has 0 amide bonds. The van der Waals surface area contributed by atoms with Crippen LogP contribution >= 0.6 is 0 Å². The van der Waals surface area contributed by atoms with Crippen molar-refractivity contribution in [3.63, 3.8) is 0 Å². The summed E-state index contributed by atoms with van der Waals surface area (Å²) < 4.78 is 5.89. The monoisotopic (exact) mass is 335 g/mol. The molecule has 25 heavy (non-hydrogen) atoms. The summed E-state index contributed by atoms with van der Waals surface area (Å²) in [6, 6.07) is 6.41. The minimum atomic E-state index is 0.634. The molecule has 6 heteroatoms. The van der Waals surface area contributed by atoms with Crippen molar-refractivity contribution in [2.24, 2.45) is 0 Å². The van der Waals surface area contributed by atoms with Crippen molar-refractivity contribution in [1.82, 2.24) is 19.9 Å². The first kappa shape index (κ1) is 14.8. The van der Waals surface area contributed by atoms with E-state index < -0.39 is 0 Å². The third-order valence-electron chi connectivity index (χ3n) is 5.14. The number of piperazine rings is 1. The quantitative estimate of drug-likeness (QED) is 0.731. The van der Waals surface area contributed by atoms with E-state index in [2.05, 4.69) is 43.0 Å². The van der Waals surface area contributed by atoms with E-state index in [0.717, 1.165) is 55.3 Å². The van der Waals surface area contributed by atoms with Crippen LogP contribution in [0.5, 0.6) is 0 Å². The molecule has 3 heterocycles. The van der Waals surface area contributed by atoms with Gasteiger partial charge in [0.2, 0.25) is 5.89 Å². The zero-order valence-electron chi connectivity index (χ0n) is 14.1. The zero-order valence-corrected chi connectivity index (χ0v) is 14.1. The lowest BCUT2D eigenvalue weighted by molar-refractivity contribution is 0.224. The van der Waals surface area contributed by atoms with E-state index in [1.54, 1.807) is 6.33 Å². The van der Waals surface area contributed by atoms with Gasteiger partial charge >= 0.3 is 0 Å². The van der Waals surface area contributed by atoms with Gasteiger partial charge in [0.1, 0.15) is 12.1 Å². The number of anilines is 1. The molecule has 128 valence electrons. The van der Waals surface area contributed by atoms with Crippen molar-refractivity contribution in [3.05, 3.63) is 48.6 Å². The fraction of sp³-hybridized carbons (Fsp3) is 0.421. The molecule has 6 nitrogen and oxygen atoms in total. The van der Waals surface area contributed by atoms with Crippen molar-refractivity contribution < 1.29 is 4.42 Å². The van der Waals surface area contributed by atoms with Crippen LogP contribution in [0.15, 0.2) is 41.3 Å². The van der Waals surface area contributed by atoms with Crippen LogP contribution in [0.1, 0.15) is 30.4 Å².